The summed E-state index contributed by atoms with van der Waals surface area (Å²) in [4.78, 5) is 31.9. The molecule has 0 aliphatic carbocycles. The second-order valence-electron chi connectivity index (χ2n) is 9.54. The first-order valence-electron chi connectivity index (χ1n) is 13.1. The number of nitrogens with zero attached hydrogens (tertiary/aromatic N) is 6. The van der Waals surface area contributed by atoms with Crippen LogP contribution in [0.3, 0.4) is 0 Å². The number of benzene rings is 1. The third kappa shape index (κ3) is 4.90. The van der Waals surface area contributed by atoms with Crippen LogP contribution in [0.4, 0.5) is 4.39 Å². The zero-order chi connectivity index (χ0) is 26.8. The minimum Gasteiger partial charge on any atom is -0.462 e. The highest BCUT2D eigenvalue weighted by molar-refractivity contribution is 5.93. The summed E-state index contributed by atoms with van der Waals surface area (Å²) < 4.78 is 23.4. The lowest BCUT2D eigenvalue weighted by molar-refractivity contribution is 0.0526. The van der Waals surface area contributed by atoms with E-state index in [0.29, 0.717) is 34.7 Å². The van der Waals surface area contributed by atoms with Gasteiger partial charge in [-0.2, -0.15) is 10.2 Å². The highest BCUT2D eigenvalue weighted by Crippen LogP contribution is 2.26. The molecule has 38 heavy (non-hydrogen) atoms. The van der Waals surface area contributed by atoms with Crippen LogP contribution in [0.15, 0.2) is 42.7 Å². The number of esters is 1. The zero-order valence-electron chi connectivity index (χ0n) is 21.9. The summed E-state index contributed by atoms with van der Waals surface area (Å²) in [7, 11) is 0. The Hall–Kier alpha value is -4.08. The van der Waals surface area contributed by atoms with Gasteiger partial charge in [0.25, 0.3) is 5.91 Å². The Morgan fingerprint density at radius 3 is 2.74 bits per heavy atom. The molecule has 1 fully saturated rings. The lowest BCUT2D eigenvalue weighted by Gasteiger charge is -2.27. The highest BCUT2D eigenvalue weighted by Gasteiger charge is 2.25. The maximum atomic E-state index is 15.3. The van der Waals surface area contributed by atoms with E-state index in [0.717, 1.165) is 37.9 Å². The van der Waals surface area contributed by atoms with Crippen LogP contribution in [0.2, 0.25) is 0 Å². The van der Waals surface area contributed by atoms with Gasteiger partial charge < -0.3 is 9.64 Å². The Morgan fingerprint density at radius 2 is 1.97 bits per heavy atom. The largest absolute Gasteiger partial charge is 0.462 e. The molecule has 4 heterocycles. The fraction of sp³-hybridized carbons (Fsp3) is 0.393. The molecule has 0 bridgehead atoms. The number of ether oxygens (including phenoxy) is 1. The van der Waals surface area contributed by atoms with Crippen molar-refractivity contribution in [2.75, 3.05) is 13.2 Å². The number of likely N-dealkylation sites (tertiary alicyclic amines) is 1. The van der Waals surface area contributed by atoms with Crippen molar-refractivity contribution >= 4 is 17.5 Å². The molecule has 3 aromatic heterocycles. The lowest BCUT2D eigenvalue weighted by atomic mass is 10.1. The third-order valence-electron chi connectivity index (χ3n) is 6.98. The molecule has 0 unspecified atom stereocenters. The van der Waals surface area contributed by atoms with E-state index in [-0.39, 0.29) is 24.1 Å². The molecule has 1 amide bonds. The number of aromatic nitrogens is 5. The van der Waals surface area contributed by atoms with Gasteiger partial charge in [0.2, 0.25) is 0 Å². The lowest BCUT2D eigenvalue weighted by Crippen LogP contribution is -2.38. The minimum atomic E-state index is -0.494. The monoisotopic (exact) mass is 518 g/mol. The number of hydrogen-bond acceptors (Lipinski definition) is 6. The van der Waals surface area contributed by atoms with Crippen molar-refractivity contribution in [3.63, 3.8) is 0 Å². The second-order valence-corrected chi connectivity index (χ2v) is 9.54. The fourth-order valence-corrected chi connectivity index (χ4v) is 4.89. The standard InChI is InChI=1S/C28H31FN6O3/c1-4-20-14-25(27(36)33-12-8-6-7-9-18(33)3)31-26-15-24(32-35(20)26)22-11-10-21(13-23(22)29)34-17-19(16-30-34)28(37)38-5-2/h10-11,13-18H,4-9,12H2,1-3H3/t18-/m1/s1. The SMILES string of the molecule is CCOC(=O)c1cnn(-c2ccc(-c3cc4nc(C(=O)N5CCCCC[C@H]5C)cc(CC)n4n3)c(F)c2)c1. The molecule has 198 valence electrons. The average Bonchev–Trinajstić information content (AvgIpc) is 3.52. The van der Waals surface area contributed by atoms with E-state index >= 15 is 4.39 Å². The van der Waals surface area contributed by atoms with E-state index in [2.05, 4.69) is 22.1 Å². The van der Waals surface area contributed by atoms with E-state index < -0.39 is 11.8 Å². The Bertz CT molecular complexity index is 1490. The first-order chi connectivity index (χ1) is 18.4. The minimum absolute atomic E-state index is 0.0729. The van der Waals surface area contributed by atoms with Crippen molar-refractivity contribution in [2.45, 2.75) is 58.9 Å². The molecule has 0 N–H and O–H groups in total. The van der Waals surface area contributed by atoms with Gasteiger partial charge in [0.1, 0.15) is 11.5 Å². The Balaban J connectivity index is 1.46. The quantitative estimate of drug-likeness (QED) is 0.338. The highest BCUT2D eigenvalue weighted by atomic mass is 19.1. The van der Waals surface area contributed by atoms with Crippen LogP contribution < -0.4 is 0 Å². The number of amides is 1. The van der Waals surface area contributed by atoms with E-state index in [1.165, 1.54) is 23.1 Å². The van der Waals surface area contributed by atoms with Gasteiger partial charge >= 0.3 is 5.97 Å². The van der Waals surface area contributed by atoms with Crippen LogP contribution >= 0.6 is 0 Å². The molecule has 0 radical (unpaired) electrons. The molecule has 10 heteroatoms. The fourth-order valence-electron chi connectivity index (χ4n) is 4.89. The summed E-state index contributed by atoms with van der Waals surface area (Å²) in [6, 6.07) is 8.33. The van der Waals surface area contributed by atoms with Crippen LogP contribution in [0.1, 0.15) is 73.0 Å². The maximum Gasteiger partial charge on any atom is 0.341 e. The molecular weight excluding hydrogens is 487 g/mol. The summed E-state index contributed by atoms with van der Waals surface area (Å²) in [5.41, 5.74) is 3.17. The molecular formula is C28H31FN6O3. The summed E-state index contributed by atoms with van der Waals surface area (Å²) >= 11 is 0. The number of fused-ring (bicyclic) bond motifs is 1. The van der Waals surface area contributed by atoms with Crippen molar-refractivity contribution in [1.82, 2.24) is 29.3 Å². The molecule has 9 nitrogen and oxygen atoms in total. The normalized spacial score (nSPS) is 16.0. The number of rotatable bonds is 6. The number of carbonyl (C=O) groups is 2. The predicted molar refractivity (Wildman–Crippen MR) is 140 cm³/mol. The van der Waals surface area contributed by atoms with E-state index in [1.807, 2.05) is 11.8 Å². The molecule has 1 aliphatic rings. The maximum absolute atomic E-state index is 15.3. The molecule has 5 rings (SSSR count). The van der Waals surface area contributed by atoms with Crippen molar-refractivity contribution in [3.8, 4) is 16.9 Å². The molecule has 1 atom stereocenters. The Labute approximate surface area is 220 Å². The van der Waals surface area contributed by atoms with Crippen molar-refractivity contribution in [1.29, 1.82) is 0 Å². The first-order valence-corrected chi connectivity index (χ1v) is 13.1. The predicted octanol–water partition coefficient (Wildman–Crippen LogP) is 4.86. The topological polar surface area (TPSA) is 94.6 Å². The summed E-state index contributed by atoms with van der Waals surface area (Å²) in [6.07, 6.45) is 7.76. The van der Waals surface area contributed by atoms with Crippen LogP contribution in [0.25, 0.3) is 22.6 Å². The van der Waals surface area contributed by atoms with E-state index in [1.54, 1.807) is 35.7 Å². The summed E-state index contributed by atoms with van der Waals surface area (Å²) in [6.45, 7) is 6.79. The second kappa shape index (κ2) is 10.7. The third-order valence-corrected chi connectivity index (χ3v) is 6.98. The van der Waals surface area contributed by atoms with Crippen molar-refractivity contribution in [3.05, 3.63) is 65.5 Å². The van der Waals surface area contributed by atoms with Crippen molar-refractivity contribution in [2.24, 2.45) is 0 Å². The zero-order valence-corrected chi connectivity index (χ0v) is 21.9. The number of hydrogen-bond donors (Lipinski definition) is 0. The number of carbonyl (C=O) groups excluding carboxylic acids is 2. The van der Waals surface area contributed by atoms with Crippen LogP contribution in [0, 0.1) is 5.82 Å². The molecule has 0 saturated carbocycles. The van der Waals surface area contributed by atoms with Gasteiger partial charge in [-0.1, -0.05) is 19.8 Å². The Morgan fingerprint density at radius 1 is 1.13 bits per heavy atom. The molecule has 0 spiro atoms. The van der Waals surface area contributed by atoms with Gasteiger partial charge in [0.05, 0.1) is 29.7 Å². The average molecular weight is 519 g/mol. The van der Waals surface area contributed by atoms with Crippen LogP contribution in [0.5, 0.6) is 0 Å². The van der Waals surface area contributed by atoms with Gasteiger partial charge in [0, 0.05) is 42.2 Å². The van der Waals surface area contributed by atoms with E-state index in [4.69, 9.17) is 4.74 Å². The van der Waals surface area contributed by atoms with Gasteiger partial charge in [0.15, 0.2) is 5.65 Å². The van der Waals surface area contributed by atoms with Gasteiger partial charge in [-0.25, -0.2) is 23.4 Å². The van der Waals surface area contributed by atoms with Crippen LogP contribution in [-0.2, 0) is 11.2 Å². The van der Waals surface area contributed by atoms with Gasteiger partial charge in [-0.05, 0) is 51.3 Å². The molecule has 1 saturated heterocycles. The van der Waals surface area contributed by atoms with E-state index in [9.17, 15) is 9.59 Å². The summed E-state index contributed by atoms with van der Waals surface area (Å²) in [5.74, 6) is -1.05. The number of halogens is 1. The van der Waals surface area contributed by atoms with Crippen LogP contribution in [-0.4, -0.2) is 60.3 Å². The molecule has 1 aliphatic heterocycles. The van der Waals surface area contributed by atoms with Gasteiger partial charge in [-0.3, -0.25) is 4.79 Å². The van der Waals surface area contributed by atoms with Crippen molar-refractivity contribution < 1.29 is 18.7 Å². The molecule has 4 aromatic rings. The van der Waals surface area contributed by atoms with Gasteiger partial charge in [-0.15, -0.1) is 0 Å². The Kier molecular flexibility index (Phi) is 7.22. The summed E-state index contributed by atoms with van der Waals surface area (Å²) in [5, 5.41) is 8.76. The smallest absolute Gasteiger partial charge is 0.341 e. The first kappa shape index (κ1) is 25.6. The molecule has 1 aromatic carbocycles. The number of aryl methyl sites for hydroxylation is 1.